The van der Waals surface area contributed by atoms with Crippen molar-refractivity contribution in [3.8, 4) is 0 Å². The van der Waals surface area contributed by atoms with Crippen molar-refractivity contribution in [3.63, 3.8) is 0 Å². The summed E-state index contributed by atoms with van der Waals surface area (Å²) < 4.78 is 79.7. The number of aliphatic carboxylic acids is 2. The summed E-state index contributed by atoms with van der Waals surface area (Å²) in [6, 6.07) is 2.43. The maximum Gasteiger partial charge on any atom is 0.326 e. The third-order valence-electron chi connectivity index (χ3n) is 11.2. The zero-order chi connectivity index (χ0) is 61.2. The zero-order valence-electron chi connectivity index (χ0n) is 46.2. The number of rotatable bonds is 45. The largest absolute Gasteiger partial charge is 0.480 e. The van der Waals surface area contributed by atoms with E-state index in [1.54, 1.807) is 52.0 Å². The molecule has 0 radical (unpaired) electrons. The molecule has 1 aromatic rings. The van der Waals surface area contributed by atoms with Crippen LogP contribution in [0.3, 0.4) is 0 Å². The molecule has 460 valence electrons. The normalized spacial score (nSPS) is 12.9. The molecule has 81 heavy (non-hydrogen) atoms. The molecular weight excluding hydrogens is 1110 g/mol. The van der Waals surface area contributed by atoms with Crippen LogP contribution in [0.5, 0.6) is 0 Å². The van der Waals surface area contributed by atoms with Crippen LogP contribution in [0.4, 0.5) is 5.69 Å². The number of nitrogens with two attached hydrogens (primary N) is 2. The average molecular weight is 1200 g/mol. The van der Waals surface area contributed by atoms with Gasteiger partial charge in [0, 0.05) is 56.6 Å². The van der Waals surface area contributed by atoms with Gasteiger partial charge in [-0.25, -0.2) is 18.0 Å². The van der Waals surface area contributed by atoms with Gasteiger partial charge in [-0.05, 0) is 80.0 Å². The first-order chi connectivity index (χ1) is 37.8. The van der Waals surface area contributed by atoms with Gasteiger partial charge in [-0.15, -0.1) is 0 Å². The van der Waals surface area contributed by atoms with Gasteiger partial charge in [0.05, 0.1) is 51.1 Å². The smallest absolute Gasteiger partial charge is 0.326 e. The zero-order valence-corrected chi connectivity index (χ0v) is 47.8. The lowest BCUT2D eigenvalue weighted by Crippen LogP contribution is -2.45. The lowest BCUT2D eigenvalue weighted by Gasteiger charge is -2.33. The Labute approximate surface area is 471 Å². The summed E-state index contributed by atoms with van der Waals surface area (Å²) in [5.74, 6) is -9.14. The highest BCUT2D eigenvalue weighted by molar-refractivity contribution is 7.90. The minimum absolute atomic E-state index is 0.00946. The number of benzene rings is 1. The van der Waals surface area contributed by atoms with Crippen molar-refractivity contribution in [1.82, 2.24) is 36.6 Å². The van der Waals surface area contributed by atoms with Gasteiger partial charge in [0.2, 0.25) is 51.4 Å². The minimum Gasteiger partial charge on any atom is -0.480 e. The molecule has 0 bridgehead atoms. The Bertz CT molecular complexity index is 2460. The molecule has 1 rings (SSSR count). The van der Waals surface area contributed by atoms with E-state index < -0.39 is 133 Å². The number of hydrogen-bond acceptors (Lipinski definition) is 19. The van der Waals surface area contributed by atoms with Crippen LogP contribution in [0.1, 0.15) is 109 Å². The summed E-state index contributed by atoms with van der Waals surface area (Å²) in [7, 11) is -8.36. The summed E-state index contributed by atoms with van der Waals surface area (Å²) in [5.41, 5.74) is 10.3. The Morgan fingerprint density at radius 2 is 1.04 bits per heavy atom. The van der Waals surface area contributed by atoms with Gasteiger partial charge < -0.3 is 72.5 Å². The van der Waals surface area contributed by atoms with E-state index in [1.807, 2.05) is 4.72 Å². The van der Waals surface area contributed by atoms with E-state index in [9.17, 15) is 79.5 Å². The Balaban J connectivity index is 2.22. The van der Waals surface area contributed by atoms with Gasteiger partial charge >= 0.3 is 11.9 Å². The van der Waals surface area contributed by atoms with E-state index in [1.165, 1.54) is 0 Å². The number of amides is 8. The Morgan fingerprint density at radius 3 is 1.54 bits per heavy atom. The molecule has 0 heterocycles. The number of primary amides is 1. The van der Waals surface area contributed by atoms with Gasteiger partial charge in [0.15, 0.2) is 0 Å². The highest BCUT2D eigenvalue weighted by atomic mass is 32.2. The van der Waals surface area contributed by atoms with Gasteiger partial charge in [-0.2, -0.15) is 8.42 Å². The summed E-state index contributed by atoms with van der Waals surface area (Å²) in [6.45, 7) is 5.87. The molecule has 0 saturated heterocycles. The second-order valence-electron chi connectivity index (χ2n) is 20.3. The van der Waals surface area contributed by atoms with Gasteiger partial charge in [0.1, 0.15) is 31.3 Å². The van der Waals surface area contributed by atoms with Crippen LogP contribution in [0.25, 0.3) is 0 Å². The van der Waals surface area contributed by atoms with E-state index in [4.69, 9.17) is 30.4 Å². The first kappa shape index (κ1) is 72.4. The van der Waals surface area contributed by atoms with Crippen LogP contribution in [0.2, 0.25) is 0 Å². The highest BCUT2D eigenvalue weighted by Gasteiger charge is 2.34. The molecule has 14 N–H and O–H groups in total. The van der Waals surface area contributed by atoms with Crippen LogP contribution in [0.15, 0.2) is 24.3 Å². The van der Waals surface area contributed by atoms with Gasteiger partial charge in [-0.1, -0.05) is 27.7 Å². The first-order valence-corrected chi connectivity index (χ1v) is 29.1. The summed E-state index contributed by atoms with van der Waals surface area (Å²) in [6.07, 6.45) is -0.657. The number of hydrogen-bond donors (Lipinski definition) is 12. The van der Waals surface area contributed by atoms with Crippen LogP contribution < -0.4 is 48.1 Å². The maximum absolute atomic E-state index is 12.6. The van der Waals surface area contributed by atoms with Crippen molar-refractivity contribution in [3.05, 3.63) is 29.8 Å². The number of carboxylic acid groups (broad SMARTS) is 2. The molecule has 32 heteroatoms. The molecule has 3 atom stereocenters. The topological polar surface area (TPSA) is 473 Å². The van der Waals surface area contributed by atoms with E-state index in [-0.39, 0.29) is 110 Å². The molecule has 0 fully saturated rings. The van der Waals surface area contributed by atoms with Crippen molar-refractivity contribution < 1.29 is 98.5 Å². The SMILES string of the molecule is CC(C)(CC(=O)NS(=O)(=O)CCCC(=O)NCCOCCOCC(=O)N[C@@H](CCC(=O)NC(CCC(=O)NCCOCCOCC(=O)N[C@@H](CCCCNC(=O)c1ccc(N)cc1)C(N)=O)C(=O)O)C(=O)O)CC(C)(C)CS(=O)(=O)O. The number of nitrogens with one attached hydrogen (secondary N) is 7. The fraction of sp³-hybridized carbons (Fsp3) is 0.673. The fourth-order valence-corrected chi connectivity index (χ4v) is 10.1. The molecule has 0 aliphatic carbocycles. The predicted octanol–water partition coefficient (Wildman–Crippen LogP) is -1.92. The fourth-order valence-electron chi connectivity index (χ4n) is 7.99. The van der Waals surface area contributed by atoms with E-state index in [0.717, 1.165) is 0 Å². The average Bonchev–Trinajstić information content (AvgIpc) is 3.33. The number of anilines is 1. The van der Waals surface area contributed by atoms with Crippen molar-refractivity contribution in [1.29, 1.82) is 0 Å². The lowest BCUT2D eigenvalue weighted by molar-refractivity contribution is -0.144. The number of carboxylic acids is 2. The molecule has 1 aromatic carbocycles. The molecular formula is C49H81N9O21S2. The lowest BCUT2D eigenvalue weighted by atomic mass is 9.74. The molecule has 0 aliphatic heterocycles. The third-order valence-corrected chi connectivity index (χ3v) is 13.8. The van der Waals surface area contributed by atoms with Crippen molar-refractivity contribution in [2.24, 2.45) is 16.6 Å². The van der Waals surface area contributed by atoms with Crippen molar-refractivity contribution >= 4 is 85.0 Å². The monoisotopic (exact) mass is 1200 g/mol. The molecule has 0 saturated carbocycles. The number of nitrogen functional groups attached to an aromatic ring is 1. The molecule has 0 spiro atoms. The third kappa shape index (κ3) is 37.1. The quantitative estimate of drug-likeness (QED) is 0.0192. The summed E-state index contributed by atoms with van der Waals surface area (Å²) in [4.78, 5) is 122. The molecule has 30 nitrogen and oxygen atoms in total. The van der Waals surface area contributed by atoms with Gasteiger partial charge in [-0.3, -0.25) is 47.6 Å². The predicted molar refractivity (Wildman–Crippen MR) is 289 cm³/mol. The highest BCUT2D eigenvalue weighted by Crippen LogP contribution is 2.37. The first-order valence-electron chi connectivity index (χ1n) is 25.9. The second kappa shape index (κ2) is 37.4. The number of carbonyl (C=O) groups excluding carboxylic acids is 8. The maximum atomic E-state index is 12.6. The molecule has 0 aliphatic rings. The van der Waals surface area contributed by atoms with Crippen LogP contribution >= 0.6 is 0 Å². The van der Waals surface area contributed by atoms with E-state index >= 15 is 0 Å². The number of sulfonamides is 1. The minimum atomic E-state index is -4.27. The van der Waals surface area contributed by atoms with Crippen LogP contribution in [-0.2, 0) is 82.2 Å². The standard InChI is InChI=1S/C49H81N9O21S2/c1-48(2,31-49(3,4)32-81(73,74)75)28-41(62)58-80(71,72)27-7-9-38(59)52-19-21-76-24-26-79-30-43(64)57-37(47(69)70)15-17-40(61)56-36(46(67)68)14-16-39(60)53-20-22-77-23-25-78-29-42(63)55-35(44(51)65)8-5-6-18-54-45(66)33-10-12-34(50)13-11-33/h10-13,35-37H,5-9,14-32,50H2,1-4H3,(H2,51,65)(H,52,59)(H,53,60)(H,54,66)(H,55,63)(H,56,61)(H,57,64)(H,58,62)(H,67,68)(H,69,70)(H,73,74,75)/t35-,36?,37-/m0/s1. The summed E-state index contributed by atoms with van der Waals surface area (Å²) in [5, 5.41) is 33.9. The van der Waals surface area contributed by atoms with Crippen LogP contribution in [0, 0.1) is 10.8 Å². The van der Waals surface area contributed by atoms with Gasteiger partial charge in [0.25, 0.3) is 16.0 Å². The number of unbranched alkanes of at least 4 members (excludes halogenated alkanes) is 1. The Hall–Kier alpha value is -6.58. The van der Waals surface area contributed by atoms with Crippen LogP contribution in [-0.4, -0.2) is 193 Å². The Morgan fingerprint density at radius 1 is 0.556 bits per heavy atom. The number of carbonyl (C=O) groups is 10. The number of ether oxygens (including phenoxy) is 4. The second-order valence-corrected chi connectivity index (χ2v) is 23.6. The van der Waals surface area contributed by atoms with E-state index in [2.05, 4.69) is 31.9 Å². The van der Waals surface area contributed by atoms with Crippen molar-refractivity contribution in [2.75, 3.05) is 89.7 Å². The summed E-state index contributed by atoms with van der Waals surface area (Å²) >= 11 is 0. The van der Waals surface area contributed by atoms with E-state index in [0.29, 0.717) is 30.6 Å². The molecule has 1 unspecified atom stereocenters. The Kier molecular flexibility index (Phi) is 33.5. The molecule has 8 amide bonds. The molecule has 0 aromatic heterocycles. The van der Waals surface area contributed by atoms with Crippen molar-refractivity contribution in [2.45, 2.75) is 116 Å².